The number of nitrogens with zero attached hydrogens (tertiary/aromatic N) is 5. The van der Waals surface area contributed by atoms with Crippen molar-refractivity contribution in [2.75, 3.05) is 31.2 Å². The summed E-state index contributed by atoms with van der Waals surface area (Å²) in [5, 5.41) is 6.01. The van der Waals surface area contributed by atoms with Crippen LogP contribution < -0.4 is 4.90 Å². The molecule has 6 rings (SSSR count). The molecular formula is C22H23ClFN5OS. The predicted molar refractivity (Wildman–Crippen MR) is 119 cm³/mol. The zero-order valence-corrected chi connectivity index (χ0v) is 18.6. The van der Waals surface area contributed by atoms with Gasteiger partial charge in [0.25, 0.3) is 0 Å². The third-order valence-corrected chi connectivity index (χ3v) is 7.98. The Balaban J connectivity index is 1.33. The summed E-state index contributed by atoms with van der Waals surface area (Å²) in [4.78, 5) is 10.7. The number of thiophene rings is 1. The van der Waals surface area contributed by atoms with E-state index in [1.165, 1.54) is 27.1 Å². The lowest BCUT2D eigenvalue weighted by atomic mass is 10.00. The summed E-state index contributed by atoms with van der Waals surface area (Å²) in [5.74, 6) is 1.30. The van der Waals surface area contributed by atoms with Crippen molar-refractivity contribution in [3.8, 4) is 11.4 Å². The fourth-order valence-corrected chi connectivity index (χ4v) is 6.44. The van der Waals surface area contributed by atoms with Crippen LogP contribution in [0.1, 0.15) is 22.4 Å². The normalized spacial score (nSPS) is 20.6. The van der Waals surface area contributed by atoms with Crippen LogP contribution in [0.4, 0.5) is 9.39 Å². The van der Waals surface area contributed by atoms with Gasteiger partial charge in [0.1, 0.15) is 23.8 Å². The molecule has 9 heteroatoms. The van der Waals surface area contributed by atoms with Gasteiger partial charge in [-0.1, -0.05) is 17.7 Å². The Bertz CT molecular complexity index is 1130. The van der Waals surface area contributed by atoms with Gasteiger partial charge in [0.15, 0.2) is 5.82 Å². The minimum atomic E-state index is -0.273. The number of aromatic nitrogens is 3. The monoisotopic (exact) mass is 459 g/mol. The molecule has 0 saturated carbocycles. The molecule has 0 radical (unpaired) electrons. The van der Waals surface area contributed by atoms with Gasteiger partial charge in [-0.15, -0.1) is 11.3 Å². The van der Waals surface area contributed by atoms with E-state index in [0.29, 0.717) is 29.7 Å². The Morgan fingerprint density at radius 3 is 3.10 bits per heavy atom. The maximum absolute atomic E-state index is 14.5. The summed E-state index contributed by atoms with van der Waals surface area (Å²) < 4.78 is 22.0. The fraction of sp³-hybridized carbons (Fsp3) is 0.455. The van der Waals surface area contributed by atoms with E-state index >= 15 is 0 Å². The topological polar surface area (TPSA) is 46.4 Å². The van der Waals surface area contributed by atoms with Crippen LogP contribution in [-0.4, -0.2) is 46.0 Å². The number of hydrogen-bond donors (Lipinski definition) is 0. The molecule has 1 fully saturated rings. The highest BCUT2D eigenvalue weighted by molar-refractivity contribution is 7.17. The SMILES string of the molecule is Fc1cc(Cl)ccc1CN1Cn2ncnc2-c2c1sc1c2CCN(CC2CCOC2)C1. The highest BCUT2D eigenvalue weighted by Crippen LogP contribution is 2.47. The van der Waals surface area contributed by atoms with Crippen molar-refractivity contribution in [1.82, 2.24) is 19.7 Å². The summed E-state index contributed by atoms with van der Waals surface area (Å²) in [6.07, 6.45) is 3.78. The predicted octanol–water partition coefficient (Wildman–Crippen LogP) is 4.17. The summed E-state index contributed by atoms with van der Waals surface area (Å²) in [6.45, 7) is 5.91. The molecule has 1 unspecified atom stereocenters. The minimum absolute atomic E-state index is 0.273. The quantitative estimate of drug-likeness (QED) is 0.586. The molecule has 0 spiro atoms. The van der Waals surface area contributed by atoms with E-state index in [9.17, 15) is 4.39 Å². The smallest absolute Gasteiger partial charge is 0.163 e. The van der Waals surface area contributed by atoms with Gasteiger partial charge in [-0.3, -0.25) is 4.90 Å². The Labute approximate surface area is 189 Å². The average molecular weight is 460 g/mol. The molecule has 1 saturated heterocycles. The first-order valence-corrected chi connectivity index (χ1v) is 11.9. The highest BCUT2D eigenvalue weighted by atomic mass is 35.5. The lowest BCUT2D eigenvalue weighted by Gasteiger charge is -2.30. The molecule has 3 aliphatic rings. The van der Waals surface area contributed by atoms with E-state index in [4.69, 9.17) is 16.3 Å². The van der Waals surface area contributed by atoms with Crippen molar-refractivity contribution < 1.29 is 9.13 Å². The third-order valence-electron chi connectivity index (χ3n) is 6.47. The Kier molecular flexibility index (Phi) is 4.98. The molecule has 0 amide bonds. The van der Waals surface area contributed by atoms with Crippen LogP contribution >= 0.6 is 22.9 Å². The number of halogens is 2. The lowest BCUT2D eigenvalue weighted by molar-refractivity contribution is 0.163. The van der Waals surface area contributed by atoms with Crippen molar-refractivity contribution in [2.45, 2.75) is 32.6 Å². The number of fused-ring (bicyclic) bond motifs is 5. The highest BCUT2D eigenvalue weighted by Gasteiger charge is 2.34. The average Bonchev–Trinajstić information content (AvgIpc) is 3.49. The van der Waals surface area contributed by atoms with E-state index < -0.39 is 0 Å². The van der Waals surface area contributed by atoms with E-state index in [1.807, 2.05) is 16.0 Å². The zero-order chi connectivity index (χ0) is 20.9. The number of benzene rings is 1. The number of rotatable bonds is 4. The number of hydrogen-bond acceptors (Lipinski definition) is 6. The lowest BCUT2D eigenvalue weighted by Crippen LogP contribution is -2.34. The van der Waals surface area contributed by atoms with Gasteiger partial charge >= 0.3 is 0 Å². The zero-order valence-electron chi connectivity index (χ0n) is 17.1. The van der Waals surface area contributed by atoms with Crippen LogP contribution in [0.25, 0.3) is 11.4 Å². The Morgan fingerprint density at radius 1 is 1.32 bits per heavy atom. The second-order valence-electron chi connectivity index (χ2n) is 8.56. The fourth-order valence-electron chi connectivity index (χ4n) is 4.91. The summed E-state index contributed by atoms with van der Waals surface area (Å²) in [7, 11) is 0. The van der Waals surface area contributed by atoms with Crippen molar-refractivity contribution in [3.05, 3.63) is 51.4 Å². The van der Waals surface area contributed by atoms with Crippen LogP contribution in [0.15, 0.2) is 24.5 Å². The van der Waals surface area contributed by atoms with E-state index in [-0.39, 0.29) is 5.82 Å². The molecule has 3 aliphatic heterocycles. The first-order chi connectivity index (χ1) is 15.2. The molecule has 0 aliphatic carbocycles. The van der Waals surface area contributed by atoms with Gasteiger partial charge in [0.2, 0.25) is 0 Å². The number of ether oxygens (including phenoxy) is 1. The van der Waals surface area contributed by atoms with Gasteiger partial charge in [0.05, 0.1) is 12.2 Å². The molecule has 3 aromatic rings. The van der Waals surface area contributed by atoms with Crippen LogP contribution in [0.2, 0.25) is 5.02 Å². The maximum atomic E-state index is 14.5. The molecule has 0 bridgehead atoms. The second-order valence-corrected chi connectivity index (χ2v) is 10.1. The van der Waals surface area contributed by atoms with Gasteiger partial charge in [-0.05, 0) is 36.5 Å². The van der Waals surface area contributed by atoms with Crippen molar-refractivity contribution in [3.63, 3.8) is 0 Å². The summed E-state index contributed by atoms with van der Waals surface area (Å²) in [5.41, 5.74) is 3.20. The van der Waals surface area contributed by atoms with E-state index in [2.05, 4.69) is 19.9 Å². The Morgan fingerprint density at radius 2 is 2.26 bits per heavy atom. The molecule has 2 aromatic heterocycles. The first-order valence-electron chi connectivity index (χ1n) is 10.7. The maximum Gasteiger partial charge on any atom is 0.163 e. The van der Waals surface area contributed by atoms with Crippen LogP contribution in [0.5, 0.6) is 0 Å². The van der Waals surface area contributed by atoms with E-state index in [0.717, 1.165) is 51.5 Å². The molecule has 5 heterocycles. The minimum Gasteiger partial charge on any atom is -0.381 e. The van der Waals surface area contributed by atoms with Crippen LogP contribution in [-0.2, 0) is 30.9 Å². The van der Waals surface area contributed by atoms with Crippen LogP contribution in [0.3, 0.4) is 0 Å². The largest absolute Gasteiger partial charge is 0.381 e. The third kappa shape index (κ3) is 3.55. The molecule has 6 nitrogen and oxygen atoms in total. The van der Waals surface area contributed by atoms with Gasteiger partial charge < -0.3 is 9.64 Å². The first kappa shape index (κ1) is 19.7. The second kappa shape index (κ2) is 7.85. The van der Waals surface area contributed by atoms with Crippen molar-refractivity contribution >= 4 is 27.9 Å². The molecule has 1 atom stereocenters. The summed E-state index contributed by atoms with van der Waals surface area (Å²) >= 11 is 7.78. The van der Waals surface area contributed by atoms with Crippen molar-refractivity contribution in [2.24, 2.45) is 5.92 Å². The van der Waals surface area contributed by atoms with Gasteiger partial charge in [0, 0.05) is 48.2 Å². The van der Waals surface area contributed by atoms with Gasteiger partial charge in [-0.25, -0.2) is 14.1 Å². The molecule has 162 valence electrons. The molecule has 0 N–H and O–H groups in total. The van der Waals surface area contributed by atoms with Gasteiger partial charge in [-0.2, -0.15) is 5.10 Å². The standard InChI is InChI=1S/C22H23ClFN5OS/c23-16-2-1-15(18(24)7-16)9-28-13-29-21(25-12-26-29)20-17-3-5-27(8-14-4-6-30-11-14)10-19(17)31-22(20)28/h1-2,7,12,14H,3-6,8-11,13H2. The van der Waals surface area contributed by atoms with Crippen LogP contribution in [0, 0.1) is 11.7 Å². The molecule has 31 heavy (non-hydrogen) atoms. The summed E-state index contributed by atoms with van der Waals surface area (Å²) in [6, 6.07) is 4.90. The Hall–Kier alpha value is -2.00. The van der Waals surface area contributed by atoms with Crippen molar-refractivity contribution in [1.29, 1.82) is 0 Å². The van der Waals surface area contributed by atoms with E-state index in [1.54, 1.807) is 18.5 Å². The molecule has 1 aromatic carbocycles. The molecular weight excluding hydrogens is 437 g/mol. The number of anilines is 1.